The van der Waals surface area contributed by atoms with Gasteiger partial charge in [-0.05, 0) is 44.4 Å². The Hall–Kier alpha value is -1.69. The second kappa shape index (κ2) is 7.51. The predicted molar refractivity (Wildman–Crippen MR) is 105 cm³/mol. The number of likely N-dealkylation sites (tertiary alicyclic amines) is 1. The summed E-state index contributed by atoms with van der Waals surface area (Å²) in [5.74, 6) is 2.39. The van der Waals surface area contributed by atoms with Gasteiger partial charge in [-0.2, -0.15) is 0 Å². The second-order valence-electron chi connectivity index (χ2n) is 8.12. The number of rotatable bonds is 4. The molecule has 4 rings (SSSR count). The summed E-state index contributed by atoms with van der Waals surface area (Å²) in [6, 6.07) is 7.20. The summed E-state index contributed by atoms with van der Waals surface area (Å²) in [5, 5.41) is 0. The molecule has 0 amide bonds. The number of aromatic nitrogens is 2. The van der Waals surface area contributed by atoms with Crippen LogP contribution in [0.1, 0.15) is 47.3 Å². The largest absolute Gasteiger partial charge is 0.338 e. The number of hydrazine groups is 1. The zero-order chi connectivity index (χ0) is 18.1. The third-order valence-electron chi connectivity index (χ3n) is 6.08. The van der Waals surface area contributed by atoms with Crippen LogP contribution in [-0.4, -0.2) is 40.6 Å². The molecular weight excluding hydrogens is 322 g/mol. The lowest BCUT2D eigenvalue weighted by Crippen LogP contribution is -2.40. The maximum atomic E-state index is 4.60. The predicted octanol–water partition coefficient (Wildman–Crippen LogP) is 2.68. The van der Waals surface area contributed by atoms with Gasteiger partial charge >= 0.3 is 0 Å². The van der Waals surface area contributed by atoms with Gasteiger partial charge in [0, 0.05) is 50.9 Å². The van der Waals surface area contributed by atoms with E-state index in [0.717, 1.165) is 19.6 Å². The molecule has 3 heterocycles. The van der Waals surface area contributed by atoms with Gasteiger partial charge in [0.15, 0.2) is 0 Å². The molecule has 0 spiro atoms. The molecule has 5 heteroatoms. The molecule has 2 aliphatic heterocycles. The van der Waals surface area contributed by atoms with Gasteiger partial charge in [0.1, 0.15) is 5.82 Å². The molecule has 2 N–H and O–H groups in total. The summed E-state index contributed by atoms with van der Waals surface area (Å²) in [6.07, 6.45) is 6.51. The maximum Gasteiger partial charge on any atom is 0.112 e. The van der Waals surface area contributed by atoms with Crippen molar-refractivity contribution in [2.75, 3.05) is 26.2 Å². The van der Waals surface area contributed by atoms with Crippen LogP contribution < -0.4 is 10.9 Å². The molecule has 0 bridgehead atoms. The molecule has 3 unspecified atom stereocenters. The van der Waals surface area contributed by atoms with Gasteiger partial charge in [0.05, 0.1) is 6.04 Å². The van der Waals surface area contributed by atoms with Crippen molar-refractivity contribution in [1.82, 2.24) is 25.3 Å². The molecule has 2 fully saturated rings. The van der Waals surface area contributed by atoms with Gasteiger partial charge in [-0.1, -0.05) is 23.8 Å². The number of hydrogen-bond donors (Lipinski definition) is 2. The van der Waals surface area contributed by atoms with Crippen molar-refractivity contribution in [3.8, 4) is 0 Å². The van der Waals surface area contributed by atoms with E-state index in [2.05, 4.69) is 70.6 Å². The summed E-state index contributed by atoms with van der Waals surface area (Å²) in [6.45, 7) is 8.91. The Morgan fingerprint density at radius 3 is 2.96 bits per heavy atom. The minimum absolute atomic E-state index is 0.392. The van der Waals surface area contributed by atoms with Crippen molar-refractivity contribution in [3.05, 3.63) is 53.1 Å². The SMILES string of the molecule is Cc1ccc(C)c(C2NNCC2CN2CCCC(c3nccn3C)C2)c1. The minimum Gasteiger partial charge on any atom is -0.338 e. The summed E-state index contributed by atoms with van der Waals surface area (Å²) in [4.78, 5) is 7.25. The summed E-state index contributed by atoms with van der Waals surface area (Å²) >= 11 is 0. The first-order chi connectivity index (χ1) is 12.6. The molecule has 0 saturated carbocycles. The Labute approximate surface area is 156 Å². The Morgan fingerprint density at radius 1 is 1.27 bits per heavy atom. The van der Waals surface area contributed by atoms with Crippen LogP contribution in [0.4, 0.5) is 0 Å². The van der Waals surface area contributed by atoms with Crippen LogP contribution in [0.25, 0.3) is 0 Å². The topological polar surface area (TPSA) is 45.1 Å². The molecule has 140 valence electrons. The molecule has 2 aliphatic rings. The number of aryl methyl sites for hydroxylation is 3. The molecule has 1 aromatic carbocycles. The van der Waals surface area contributed by atoms with Crippen LogP contribution in [0.2, 0.25) is 0 Å². The zero-order valence-corrected chi connectivity index (χ0v) is 16.2. The zero-order valence-electron chi connectivity index (χ0n) is 16.2. The van der Waals surface area contributed by atoms with Crippen LogP contribution in [0.3, 0.4) is 0 Å². The molecule has 0 aliphatic carbocycles. The third kappa shape index (κ3) is 3.56. The highest BCUT2D eigenvalue weighted by atomic mass is 15.4. The molecule has 1 aromatic heterocycles. The number of imidazole rings is 1. The number of piperidine rings is 1. The molecule has 3 atom stereocenters. The highest BCUT2D eigenvalue weighted by Crippen LogP contribution is 2.31. The van der Waals surface area contributed by atoms with Gasteiger partial charge in [0.2, 0.25) is 0 Å². The van der Waals surface area contributed by atoms with Crippen LogP contribution in [0.15, 0.2) is 30.6 Å². The van der Waals surface area contributed by atoms with Crippen molar-refractivity contribution in [2.45, 2.75) is 38.6 Å². The van der Waals surface area contributed by atoms with E-state index in [1.54, 1.807) is 0 Å². The number of hydrogen-bond acceptors (Lipinski definition) is 4. The second-order valence-corrected chi connectivity index (χ2v) is 8.12. The number of benzene rings is 1. The van der Waals surface area contributed by atoms with E-state index in [9.17, 15) is 0 Å². The van der Waals surface area contributed by atoms with Crippen LogP contribution >= 0.6 is 0 Å². The van der Waals surface area contributed by atoms with E-state index in [4.69, 9.17) is 0 Å². The van der Waals surface area contributed by atoms with E-state index in [-0.39, 0.29) is 0 Å². The highest BCUT2D eigenvalue weighted by molar-refractivity contribution is 5.34. The van der Waals surface area contributed by atoms with Crippen molar-refractivity contribution < 1.29 is 0 Å². The Morgan fingerprint density at radius 2 is 2.15 bits per heavy atom. The standard InChI is InChI=1S/C21H31N5/c1-15-6-7-16(2)19(11-15)20-18(12-23-24-20)14-26-9-4-5-17(13-26)21-22-8-10-25(21)3/h6-8,10-11,17-18,20,23-24H,4-5,9,12-14H2,1-3H3. The monoisotopic (exact) mass is 353 g/mol. The molecule has 5 nitrogen and oxygen atoms in total. The van der Waals surface area contributed by atoms with E-state index < -0.39 is 0 Å². The van der Waals surface area contributed by atoms with Crippen molar-refractivity contribution in [1.29, 1.82) is 0 Å². The van der Waals surface area contributed by atoms with Gasteiger partial charge in [-0.25, -0.2) is 10.4 Å². The summed E-state index contributed by atoms with van der Waals surface area (Å²) < 4.78 is 2.19. The van der Waals surface area contributed by atoms with Crippen molar-refractivity contribution >= 4 is 0 Å². The molecular formula is C21H31N5. The van der Waals surface area contributed by atoms with Gasteiger partial charge in [-0.15, -0.1) is 0 Å². The lowest BCUT2D eigenvalue weighted by atomic mass is 9.89. The summed E-state index contributed by atoms with van der Waals surface area (Å²) in [7, 11) is 2.11. The fourth-order valence-electron chi connectivity index (χ4n) is 4.67. The lowest BCUT2D eigenvalue weighted by molar-refractivity contribution is 0.172. The fraction of sp³-hybridized carbons (Fsp3) is 0.571. The van der Waals surface area contributed by atoms with Crippen molar-refractivity contribution in [2.24, 2.45) is 13.0 Å². The van der Waals surface area contributed by atoms with E-state index in [1.807, 2.05) is 6.20 Å². The first-order valence-corrected chi connectivity index (χ1v) is 9.87. The Kier molecular flexibility index (Phi) is 5.11. The van der Waals surface area contributed by atoms with Crippen LogP contribution in [0, 0.1) is 19.8 Å². The Balaban J connectivity index is 1.46. The summed E-state index contributed by atoms with van der Waals surface area (Å²) in [5.41, 5.74) is 11.1. The molecule has 2 saturated heterocycles. The first-order valence-electron chi connectivity index (χ1n) is 9.87. The van der Waals surface area contributed by atoms with E-state index in [0.29, 0.717) is 17.9 Å². The van der Waals surface area contributed by atoms with Crippen LogP contribution in [0.5, 0.6) is 0 Å². The van der Waals surface area contributed by atoms with Crippen LogP contribution in [-0.2, 0) is 7.05 Å². The van der Waals surface area contributed by atoms with E-state index >= 15 is 0 Å². The highest BCUT2D eigenvalue weighted by Gasteiger charge is 2.33. The number of nitrogens with one attached hydrogen (secondary N) is 2. The minimum atomic E-state index is 0.392. The Bertz CT molecular complexity index is 753. The maximum absolute atomic E-state index is 4.60. The lowest BCUT2D eigenvalue weighted by Gasteiger charge is -2.35. The first kappa shape index (κ1) is 17.7. The average molecular weight is 354 g/mol. The van der Waals surface area contributed by atoms with Crippen molar-refractivity contribution in [3.63, 3.8) is 0 Å². The van der Waals surface area contributed by atoms with Gasteiger partial charge < -0.3 is 9.47 Å². The quantitative estimate of drug-likeness (QED) is 0.887. The number of nitrogens with zero attached hydrogens (tertiary/aromatic N) is 3. The third-order valence-corrected chi connectivity index (χ3v) is 6.08. The normalized spacial score (nSPS) is 27.1. The fourth-order valence-corrected chi connectivity index (χ4v) is 4.67. The average Bonchev–Trinajstić information content (AvgIpc) is 3.26. The molecule has 26 heavy (non-hydrogen) atoms. The molecule has 2 aromatic rings. The van der Waals surface area contributed by atoms with E-state index in [1.165, 1.54) is 41.9 Å². The smallest absolute Gasteiger partial charge is 0.112 e. The molecule has 0 radical (unpaired) electrons. The van der Waals surface area contributed by atoms with Gasteiger partial charge in [0.25, 0.3) is 0 Å². The van der Waals surface area contributed by atoms with Gasteiger partial charge in [-0.3, -0.25) is 5.43 Å².